The number of carbonyl (C=O) groups excluding carboxylic acids is 1. The predicted octanol–water partition coefficient (Wildman–Crippen LogP) is 3.97. The van der Waals surface area contributed by atoms with Gasteiger partial charge in [0.1, 0.15) is 0 Å². The average molecular weight is 456 g/mol. The number of ether oxygens (including phenoxy) is 3. The number of nitrogens with one attached hydrogen (secondary N) is 1. The van der Waals surface area contributed by atoms with Crippen LogP contribution in [0.3, 0.4) is 0 Å². The predicted molar refractivity (Wildman–Crippen MR) is 129 cm³/mol. The maximum atomic E-state index is 12.6. The molecule has 1 saturated heterocycles. The first-order valence-electron chi connectivity index (χ1n) is 11.9. The molecule has 1 heterocycles. The van der Waals surface area contributed by atoms with Gasteiger partial charge in [-0.15, -0.1) is 0 Å². The number of benzene rings is 1. The van der Waals surface area contributed by atoms with E-state index in [1.807, 2.05) is 32.0 Å². The minimum Gasteiger partial charge on any atom is -0.493 e. The Bertz CT molecular complexity index is 947. The van der Waals surface area contributed by atoms with Crippen LogP contribution in [0.25, 0.3) is 0 Å². The van der Waals surface area contributed by atoms with Gasteiger partial charge in [0, 0.05) is 24.2 Å². The highest BCUT2D eigenvalue weighted by atomic mass is 16.5. The lowest BCUT2D eigenvalue weighted by molar-refractivity contribution is -0.145. The lowest BCUT2D eigenvalue weighted by Gasteiger charge is -2.36. The largest absolute Gasteiger partial charge is 0.493 e. The Hall–Kier alpha value is -2.54. The molecule has 0 spiro atoms. The van der Waals surface area contributed by atoms with Gasteiger partial charge in [0.05, 0.1) is 25.5 Å². The Morgan fingerprint density at radius 3 is 2.58 bits per heavy atom. The molecule has 4 rings (SSSR count). The maximum Gasteiger partial charge on any atom is 0.260 e. The van der Waals surface area contributed by atoms with Crippen LogP contribution < -0.4 is 14.9 Å². The van der Waals surface area contributed by atoms with E-state index in [4.69, 9.17) is 14.2 Å². The summed E-state index contributed by atoms with van der Waals surface area (Å²) in [5.74, 6) is 1.67. The summed E-state index contributed by atoms with van der Waals surface area (Å²) < 4.78 is 17.0. The quantitative estimate of drug-likeness (QED) is 0.498. The first-order chi connectivity index (χ1) is 15.6. The van der Waals surface area contributed by atoms with Crippen molar-refractivity contribution in [3.05, 3.63) is 35.5 Å². The molecule has 0 unspecified atom stereocenters. The molecule has 3 aliphatic rings. The molecule has 1 aromatic carbocycles. The Morgan fingerprint density at radius 1 is 1.24 bits per heavy atom. The third-order valence-corrected chi connectivity index (χ3v) is 7.98. The van der Waals surface area contributed by atoms with E-state index in [-0.39, 0.29) is 35.6 Å². The minimum atomic E-state index is -0.0514. The molecule has 0 radical (unpaired) electrons. The number of hydrazone groups is 1. The first-order valence-corrected chi connectivity index (χ1v) is 11.9. The standard InChI is InChI=1S/C26H37N3O4/c1-17-14-29(15-18(2)33-17)24(30)16-32-21-8-7-19(11-22(21)31-6)13-27-28-23-12-20-9-10-26(23,5)25(20,3)4/h7-8,11-13,17-18,20,28H,9-10,14-16H2,1-6H3/b27-13-/t17-,18+,20-,26-/m1/s1. The number of hydrogen-bond donors (Lipinski definition) is 1. The average Bonchev–Trinajstić information content (AvgIpc) is 3.10. The lowest BCUT2D eigenvalue weighted by Crippen LogP contribution is -2.49. The highest BCUT2D eigenvalue weighted by Gasteiger charge is 2.57. The molecule has 7 heteroatoms. The summed E-state index contributed by atoms with van der Waals surface area (Å²) in [6.07, 6.45) is 6.65. The van der Waals surface area contributed by atoms with Crippen molar-refractivity contribution in [3.63, 3.8) is 0 Å². The third kappa shape index (κ3) is 4.47. The van der Waals surface area contributed by atoms with Gasteiger partial charge in [0.15, 0.2) is 18.1 Å². The van der Waals surface area contributed by atoms with Gasteiger partial charge in [-0.25, -0.2) is 0 Å². The Labute approximate surface area is 197 Å². The van der Waals surface area contributed by atoms with Gasteiger partial charge < -0.3 is 19.1 Å². The van der Waals surface area contributed by atoms with E-state index in [1.165, 1.54) is 18.5 Å². The van der Waals surface area contributed by atoms with Gasteiger partial charge in [0.2, 0.25) is 0 Å². The molecule has 1 N–H and O–H groups in total. The normalized spacial score (nSPS) is 30.4. The van der Waals surface area contributed by atoms with Crippen molar-refractivity contribution < 1.29 is 19.0 Å². The van der Waals surface area contributed by atoms with Gasteiger partial charge >= 0.3 is 0 Å². The van der Waals surface area contributed by atoms with Crippen molar-refractivity contribution in [2.75, 3.05) is 26.8 Å². The van der Waals surface area contributed by atoms with Gasteiger partial charge in [-0.05, 0) is 61.8 Å². The van der Waals surface area contributed by atoms with Gasteiger partial charge in [-0.3, -0.25) is 10.2 Å². The van der Waals surface area contributed by atoms with Gasteiger partial charge in [-0.2, -0.15) is 5.10 Å². The molecule has 1 amide bonds. The number of rotatable bonds is 7. The first kappa shape index (κ1) is 23.6. The zero-order chi connectivity index (χ0) is 23.8. The summed E-state index contributed by atoms with van der Waals surface area (Å²) in [7, 11) is 1.59. The maximum absolute atomic E-state index is 12.6. The number of amides is 1. The summed E-state index contributed by atoms with van der Waals surface area (Å²) in [5.41, 5.74) is 5.81. The van der Waals surface area contributed by atoms with Gasteiger partial charge in [0.25, 0.3) is 5.91 Å². The molecule has 1 aromatic rings. The van der Waals surface area contributed by atoms with Crippen LogP contribution in [0.4, 0.5) is 0 Å². The van der Waals surface area contributed by atoms with Crippen molar-refractivity contribution in [2.24, 2.45) is 21.8 Å². The summed E-state index contributed by atoms with van der Waals surface area (Å²) in [6.45, 7) is 12.1. The zero-order valence-corrected chi connectivity index (χ0v) is 20.7. The van der Waals surface area contributed by atoms with Crippen LogP contribution in [0.5, 0.6) is 11.5 Å². The summed E-state index contributed by atoms with van der Waals surface area (Å²) in [4.78, 5) is 14.4. The second-order valence-corrected chi connectivity index (χ2v) is 10.4. The zero-order valence-electron chi connectivity index (χ0n) is 20.7. The van der Waals surface area contributed by atoms with Crippen LogP contribution in [0.15, 0.2) is 35.1 Å². The smallest absolute Gasteiger partial charge is 0.260 e. The molecule has 7 nitrogen and oxygen atoms in total. The molecule has 0 aromatic heterocycles. The molecular formula is C26H37N3O4. The molecule has 2 bridgehead atoms. The Balaban J connectivity index is 1.35. The highest BCUT2D eigenvalue weighted by molar-refractivity contribution is 5.81. The lowest BCUT2D eigenvalue weighted by atomic mass is 9.69. The fourth-order valence-electron chi connectivity index (χ4n) is 5.53. The third-order valence-electron chi connectivity index (χ3n) is 7.98. The summed E-state index contributed by atoms with van der Waals surface area (Å²) in [6, 6.07) is 5.59. The molecular weight excluding hydrogens is 418 g/mol. The second kappa shape index (κ2) is 9.01. The van der Waals surface area contributed by atoms with Crippen LogP contribution in [0.1, 0.15) is 53.0 Å². The van der Waals surface area contributed by atoms with E-state index < -0.39 is 0 Å². The molecule has 2 aliphatic carbocycles. The van der Waals surface area contributed by atoms with E-state index in [0.717, 1.165) is 5.56 Å². The fraction of sp³-hybridized carbons (Fsp3) is 0.615. The monoisotopic (exact) mass is 455 g/mol. The van der Waals surface area contributed by atoms with Crippen LogP contribution >= 0.6 is 0 Å². The van der Waals surface area contributed by atoms with Crippen LogP contribution in [0.2, 0.25) is 0 Å². The minimum absolute atomic E-state index is 0.0308. The Kier molecular flexibility index (Phi) is 6.45. The fourth-order valence-corrected chi connectivity index (χ4v) is 5.53. The summed E-state index contributed by atoms with van der Waals surface area (Å²) >= 11 is 0. The number of hydrogen-bond acceptors (Lipinski definition) is 6. The SMILES string of the molecule is COc1cc(/C=N\NC2=C[C@H]3CC[C@@]2(C)C3(C)C)ccc1OCC(=O)N1C[C@@H](C)O[C@@H](C)C1. The van der Waals surface area contributed by atoms with Crippen LogP contribution in [-0.4, -0.2) is 56.0 Å². The van der Waals surface area contributed by atoms with Crippen LogP contribution in [-0.2, 0) is 9.53 Å². The van der Waals surface area contributed by atoms with Crippen molar-refractivity contribution in [2.45, 2.75) is 59.7 Å². The van der Waals surface area contributed by atoms with E-state index >= 15 is 0 Å². The molecule has 33 heavy (non-hydrogen) atoms. The van der Waals surface area contributed by atoms with Crippen molar-refractivity contribution in [1.29, 1.82) is 0 Å². The van der Waals surface area contributed by atoms with Crippen molar-refractivity contribution in [3.8, 4) is 11.5 Å². The number of morpholine rings is 1. The van der Waals surface area contributed by atoms with Crippen LogP contribution in [0, 0.1) is 16.7 Å². The number of methoxy groups -OCH3 is 1. The molecule has 180 valence electrons. The molecule has 1 saturated carbocycles. The molecule has 2 fully saturated rings. The van der Waals surface area contributed by atoms with E-state index in [0.29, 0.717) is 30.5 Å². The van der Waals surface area contributed by atoms with E-state index in [2.05, 4.69) is 37.4 Å². The molecule has 4 atom stereocenters. The second-order valence-electron chi connectivity index (χ2n) is 10.4. The molecule has 1 aliphatic heterocycles. The Morgan fingerprint density at radius 2 is 1.97 bits per heavy atom. The van der Waals surface area contributed by atoms with E-state index in [9.17, 15) is 4.79 Å². The van der Waals surface area contributed by atoms with E-state index in [1.54, 1.807) is 18.2 Å². The topological polar surface area (TPSA) is 72.4 Å². The highest BCUT2D eigenvalue weighted by Crippen LogP contribution is 2.64. The van der Waals surface area contributed by atoms with Crippen molar-refractivity contribution >= 4 is 12.1 Å². The van der Waals surface area contributed by atoms with Crippen molar-refractivity contribution in [1.82, 2.24) is 10.3 Å². The number of carbonyl (C=O) groups is 1. The number of allylic oxidation sites excluding steroid dienone is 2. The van der Waals surface area contributed by atoms with Gasteiger partial charge in [-0.1, -0.05) is 26.8 Å². The number of nitrogens with zero attached hydrogens (tertiary/aromatic N) is 2. The number of fused-ring (bicyclic) bond motifs is 2. The summed E-state index contributed by atoms with van der Waals surface area (Å²) in [5, 5.41) is 4.50.